The number of pyridine rings is 1. The third-order valence-corrected chi connectivity index (χ3v) is 2.76. The van der Waals surface area contributed by atoms with Crippen molar-refractivity contribution >= 4 is 11.5 Å². The van der Waals surface area contributed by atoms with E-state index in [-0.39, 0.29) is 12.3 Å². The first-order valence-corrected chi connectivity index (χ1v) is 5.08. The number of nitro groups is 1. The molecule has 0 aliphatic carbocycles. The minimum Gasteiger partial charge on any atom is -0.396 e. The van der Waals surface area contributed by atoms with Crippen LogP contribution < -0.4 is 4.90 Å². The molecule has 0 spiro atoms. The lowest BCUT2D eigenvalue weighted by Crippen LogP contribution is -2.49. The summed E-state index contributed by atoms with van der Waals surface area (Å²) >= 11 is 0. The molecule has 0 saturated carbocycles. The first kappa shape index (κ1) is 10.8. The van der Waals surface area contributed by atoms with Gasteiger partial charge in [-0.2, -0.15) is 0 Å². The molecule has 1 saturated heterocycles. The molecule has 6 heteroatoms. The average molecular weight is 223 g/mol. The zero-order valence-electron chi connectivity index (χ0n) is 8.96. The Hall–Kier alpha value is -1.69. The summed E-state index contributed by atoms with van der Waals surface area (Å²) in [4.78, 5) is 16.2. The van der Waals surface area contributed by atoms with Gasteiger partial charge in [0.1, 0.15) is 12.0 Å². The SMILES string of the molecule is Cc1cc([N+](=O)[O-])cnc1N1CC(CO)C1. The number of anilines is 1. The van der Waals surface area contributed by atoms with Crippen molar-refractivity contribution in [3.63, 3.8) is 0 Å². The van der Waals surface area contributed by atoms with Gasteiger partial charge in [-0.05, 0) is 12.5 Å². The molecule has 0 aromatic carbocycles. The van der Waals surface area contributed by atoms with Crippen LogP contribution in [0.1, 0.15) is 5.56 Å². The minimum atomic E-state index is -0.448. The summed E-state index contributed by atoms with van der Waals surface area (Å²) in [5, 5.41) is 19.4. The van der Waals surface area contributed by atoms with Crippen LogP contribution in [0.5, 0.6) is 0 Å². The highest BCUT2D eigenvalue weighted by molar-refractivity contribution is 5.52. The molecule has 1 aromatic rings. The monoisotopic (exact) mass is 223 g/mol. The van der Waals surface area contributed by atoms with E-state index < -0.39 is 4.92 Å². The average Bonchev–Trinajstić information content (AvgIpc) is 2.18. The highest BCUT2D eigenvalue weighted by Gasteiger charge is 2.28. The molecule has 6 nitrogen and oxygen atoms in total. The fourth-order valence-electron chi connectivity index (χ4n) is 1.84. The molecule has 2 heterocycles. The minimum absolute atomic E-state index is 0.0143. The summed E-state index contributed by atoms with van der Waals surface area (Å²) in [5.74, 6) is 1.08. The number of hydrogen-bond acceptors (Lipinski definition) is 5. The predicted molar refractivity (Wildman–Crippen MR) is 58.4 cm³/mol. The van der Waals surface area contributed by atoms with Gasteiger partial charge in [0.15, 0.2) is 0 Å². The molecule has 1 aromatic heterocycles. The van der Waals surface area contributed by atoms with E-state index in [0.29, 0.717) is 5.92 Å². The molecule has 0 atom stereocenters. The van der Waals surface area contributed by atoms with Gasteiger partial charge in [0.05, 0.1) is 4.92 Å². The number of nitrogens with zero attached hydrogens (tertiary/aromatic N) is 3. The Morgan fingerprint density at radius 2 is 2.38 bits per heavy atom. The highest BCUT2D eigenvalue weighted by atomic mass is 16.6. The third kappa shape index (κ3) is 1.83. The molecule has 2 rings (SSSR count). The van der Waals surface area contributed by atoms with Crippen LogP contribution in [0.4, 0.5) is 11.5 Å². The largest absolute Gasteiger partial charge is 0.396 e. The Labute approximate surface area is 92.7 Å². The topological polar surface area (TPSA) is 79.5 Å². The summed E-state index contributed by atoms with van der Waals surface area (Å²) in [7, 11) is 0. The van der Waals surface area contributed by atoms with E-state index in [2.05, 4.69) is 4.98 Å². The van der Waals surface area contributed by atoms with E-state index in [4.69, 9.17) is 5.11 Å². The summed E-state index contributed by atoms with van der Waals surface area (Å²) in [6.45, 7) is 3.52. The van der Waals surface area contributed by atoms with Crippen molar-refractivity contribution in [2.24, 2.45) is 5.92 Å². The Bertz CT molecular complexity index is 416. The Balaban J connectivity index is 2.15. The number of aromatic nitrogens is 1. The van der Waals surface area contributed by atoms with Gasteiger partial charge in [-0.25, -0.2) is 4.98 Å². The van der Waals surface area contributed by atoms with Crippen molar-refractivity contribution in [1.29, 1.82) is 0 Å². The van der Waals surface area contributed by atoms with Crippen LogP contribution in [0.2, 0.25) is 0 Å². The number of aliphatic hydroxyl groups is 1. The zero-order valence-corrected chi connectivity index (χ0v) is 8.96. The maximum atomic E-state index is 10.5. The van der Waals surface area contributed by atoms with Gasteiger partial charge in [0, 0.05) is 31.7 Å². The fourth-order valence-corrected chi connectivity index (χ4v) is 1.84. The van der Waals surface area contributed by atoms with Gasteiger partial charge < -0.3 is 10.0 Å². The van der Waals surface area contributed by atoms with Crippen LogP contribution in [0, 0.1) is 23.0 Å². The lowest BCUT2D eigenvalue weighted by molar-refractivity contribution is -0.385. The van der Waals surface area contributed by atoms with Crippen molar-refractivity contribution in [2.45, 2.75) is 6.92 Å². The molecule has 1 aliphatic rings. The van der Waals surface area contributed by atoms with Crippen molar-refractivity contribution < 1.29 is 10.0 Å². The Morgan fingerprint density at radius 1 is 1.69 bits per heavy atom. The number of aryl methyl sites for hydroxylation is 1. The molecule has 1 fully saturated rings. The van der Waals surface area contributed by atoms with Crippen LogP contribution in [-0.2, 0) is 0 Å². The summed E-state index contributed by atoms with van der Waals surface area (Å²) in [6, 6.07) is 1.52. The summed E-state index contributed by atoms with van der Waals surface area (Å²) in [5.41, 5.74) is 0.811. The van der Waals surface area contributed by atoms with Crippen LogP contribution in [-0.4, -0.2) is 34.7 Å². The second-order valence-corrected chi connectivity index (χ2v) is 4.04. The van der Waals surface area contributed by atoms with Gasteiger partial charge >= 0.3 is 0 Å². The molecule has 0 unspecified atom stereocenters. The predicted octanol–water partition coefficient (Wildman–Crippen LogP) is 0.727. The van der Waals surface area contributed by atoms with Crippen molar-refractivity contribution in [3.05, 3.63) is 27.9 Å². The van der Waals surface area contributed by atoms with Crippen molar-refractivity contribution in [2.75, 3.05) is 24.6 Å². The lowest BCUT2D eigenvalue weighted by Gasteiger charge is -2.39. The normalized spacial score (nSPS) is 16.0. The molecule has 0 bridgehead atoms. The van der Waals surface area contributed by atoms with Crippen LogP contribution in [0.15, 0.2) is 12.3 Å². The molecule has 86 valence electrons. The summed E-state index contributed by atoms with van der Waals surface area (Å²) < 4.78 is 0. The van der Waals surface area contributed by atoms with E-state index in [0.717, 1.165) is 24.5 Å². The third-order valence-electron chi connectivity index (χ3n) is 2.76. The molecule has 16 heavy (non-hydrogen) atoms. The second-order valence-electron chi connectivity index (χ2n) is 4.04. The first-order valence-electron chi connectivity index (χ1n) is 5.08. The first-order chi connectivity index (χ1) is 7.61. The van der Waals surface area contributed by atoms with E-state index in [1.807, 2.05) is 11.8 Å². The molecule has 0 radical (unpaired) electrons. The molecule has 1 aliphatic heterocycles. The molecule has 1 N–H and O–H groups in total. The maximum Gasteiger partial charge on any atom is 0.287 e. The molecular weight excluding hydrogens is 210 g/mol. The van der Waals surface area contributed by atoms with Crippen LogP contribution in [0.3, 0.4) is 0 Å². The second kappa shape index (κ2) is 4.05. The lowest BCUT2D eigenvalue weighted by atomic mass is 10.0. The smallest absolute Gasteiger partial charge is 0.287 e. The van der Waals surface area contributed by atoms with Crippen LogP contribution >= 0.6 is 0 Å². The number of hydrogen-bond donors (Lipinski definition) is 1. The van der Waals surface area contributed by atoms with Gasteiger partial charge in [-0.15, -0.1) is 0 Å². The highest BCUT2D eigenvalue weighted by Crippen LogP contribution is 2.27. The molecule has 0 amide bonds. The van der Waals surface area contributed by atoms with Gasteiger partial charge in [-0.1, -0.05) is 0 Å². The van der Waals surface area contributed by atoms with E-state index in [1.54, 1.807) is 0 Å². The van der Waals surface area contributed by atoms with E-state index >= 15 is 0 Å². The van der Waals surface area contributed by atoms with Gasteiger partial charge in [-0.3, -0.25) is 10.1 Å². The number of rotatable bonds is 3. The van der Waals surface area contributed by atoms with E-state index in [1.165, 1.54) is 12.3 Å². The Kier molecular flexibility index (Phi) is 2.74. The maximum absolute atomic E-state index is 10.5. The van der Waals surface area contributed by atoms with Crippen molar-refractivity contribution in [1.82, 2.24) is 4.98 Å². The van der Waals surface area contributed by atoms with E-state index in [9.17, 15) is 10.1 Å². The standard InChI is InChI=1S/C10H13N3O3/c1-7-2-9(13(15)16)3-11-10(7)12-4-8(5-12)6-14/h2-3,8,14H,4-6H2,1H3. The summed E-state index contributed by atoms with van der Waals surface area (Å²) in [6.07, 6.45) is 1.27. The van der Waals surface area contributed by atoms with Crippen LogP contribution in [0.25, 0.3) is 0 Å². The van der Waals surface area contributed by atoms with Gasteiger partial charge in [0.25, 0.3) is 5.69 Å². The fraction of sp³-hybridized carbons (Fsp3) is 0.500. The quantitative estimate of drug-likeness (QED) is 0.603. The van der Waals surface area contributed by atoms with Crippen molar-refractivity contribution in [3.8, 4) is 0 Å². The Morgan fingerprint density at radius 3 is 2.88 bits per heavy atom. The zero-order chi connectivity index (χ0) is 11.7. The molecular formula is C10H13N3O3. The number of aliphatic hydroxyl groups excluding tert-OH is 1. The van der Waals surface area contributed by atoms with Gasteiger partial charge in [0.2, 0.25) is 0 Å².